The van der Waals surface area contributed by atoms with Crippen LogP contribution < -0.4 is 15.4 Å². The van der Waals surface area contributed by atoms with E-state index in [-0.39, 0.29) is 28.9 Å². The number of benzene rings is 2. The van der Waals surface area contributed by atoms with Crippen LogP contribution in [0.5, 0.6) is 11.6 Å². The van der Waals surface area contributed by atoms with Crippen LogP contribution >= 0.6 is 0 Å². The Kier molecular flexibility index (Phi) is 6.59. The molecule has 0 unspecified atom stereocenters. The summed E-state index contributed by atoms with van der Waals surface area (Å²) in [7, 11) is 0. The van der Waals surface area contributed by atoms with Gasteiger partial charge in [-0.1, -0.05) is 12.1 Å². The fourth-order valence-electron chi connectivity index (χ4n) is 4.05. The van der Waals surface area contributed by atoms with Crippen LogP contribution in [0.15, 0.2) is 54.7 Å². The first kappa shape index (κ1) is 26.0. The number of alkyl halides is 3. The largest absolute Gasteiger partial charge is 0.437 e. The number of imidazole rings is 1. The summed E-state index contributed by atoms with van der Waals surface area (Å²) in [6.45, 7) is 8.63. The van der Waals surface area contributed by atoms with Gasteiger partial charge in [0.15, 0.2) is 5.65 Å². The van der Waals surface area contributed by atoms with Crippen molar-refractivity contribution in [1.82, 2.24) is 19.9 Å². The van der Waals surface area contributed by atoms with Gasteiger partial charge in [-0.15, -0.1) is 5.10 Å². The number of fused-ring (bicyclic) bond motifs is 1. The number of hydrogen-bond acceptors (Lipinski definition) is 5. The summed E-state index contributed by atoms with van der Waals surface area (Å²) in [5.74, 6) is -0.706. The van der Waals surface area contributed by atoms with E-state index < -0.39 is 30.6 Å². The van der Waals surface area contributed by atoms with E-state index in [1.165, 1.54) is 35.0 Å². The summed E-state index contributed by atoms with van der Waals surface area (Å²) >= 11 is 0. The summed E-state index contributed by atoms with van der Waals surface area (Å²) in [6.07, 6.45) is -2.67. The van der Waals surface area contributed by atoms with Crippen LogP contribution in [0, 0.1) is 19.3 Å². The SMILES string of the molecule is [C-]#[N+]C1(NC(=O)c2ccc(-c3cnc4c(NCCC(F)(F)F)cc(Oc5cccc(F)c5)nn34)cc2C)CC1. The number of aromatic nitrogens is 3. The van der Waals surface area contributed by atoms with Crippen molar-refractivity contribution in [3.05, 3.63) is 83.1 Å². The monoisotopic (exact) mass is 538 g/mol. The maximum atomic E-state index is 13.7. The molecule has 0 spiro atoms. The van der Waals surface area contributed by atoms with Crippen LogP contribution in [0.4, 0.5) is 23.2 Å². The predicted octanol–water partition coefficient (Wildman–Crippen LogP) is 6.14. The molecule has 2 aromatic carbocycles. The van der Waals surface area contributed by atoms with Crippen LogP contribution in [0.25, 0.3) is 21.7 Å². The number of carbonyl (C=O) groups excluding carboxylic acids is 1. The van der Waals surface area contributed by atoms with E-state index in [1.807, 2.05) is 0 Å². The normalized spacial score (nSPS) is 14.1. The second kappa shape index (κ2) is 9.90. The van der Waals surface area contributed by atoms with Gasteiger partial charge in [-0.2, -0.15) is 13.2 Å². The van der Waals surface area contributed by atoms with E-state index in [2.05, 4.69) is 25.6 Å². The lowest BCUT2D eigenvalue weighted by atomic mass is 10.0. The van der Waals surface area contributed by atoms with E-state index in [0.29, 0.717) is 35.2 Å². The minimum Gasteiger partial charge on any atom is -0.437 e. The standard InChI is InChI=1S/C27H22F4N6O2/c1-16-12-17(6-7-20(16)25(38)35-26(32-2)8-9-26)22-15-34-24-21(33-11-10-27(29,30)31)14-23(36-37(22)24)39-19-5-3-4-18(28)13-19/h3-7,12-15,33H,8-11H2,1H3,(H,35,38). The molecule has 0 bridgehead atoms. The molecule has 1 fully saturated rings. The summed E-state index contributed by atoms with van der Waals surface area (Å²) in [6, 6.07) is 11.9. The Labute approximate surface area is 220 Å². The molecule has 1 amide bonds. The molecule has 1 saturated carbocycles. The van der Waals surface area contributed by atoms with Crippen LogP contribution in [0.2, 0.25) is 0 Å². The number of anilines is 1. The van der Waals surface area contributed by atoms with Gasteiger partial charge in [-0.3, -0.25) is 15.0 Å². The highest BCUT2D eigenvalue weighted by molar-refractivity contribution is 5.97. The Hall–Kier alpha value is -4.66. The van der Waals surface area contributed by atoms with Crippen LogP contribution in [-0.4, -0.2) is 38.9 Å². The van der Waals surface area contributed by atoms with Gasteiger partial charge in [0.25, 0.3) is 5.91 Å². The highest BCUT2D eigenvalue weighted by atomic mass is 19.4. The van der Waals surface area contributed by atoms with E-state index in [1.54, 1.807) is 25.1 Å². The Morgan fingerprint density at radius 3 is 2.67 bits per heavy atom. The van der Waals surface area contributed by atoms with Crippen molar-refractivity contribution in [2.45, 2.75) is 38.0 Å². The number of ether oxygens (including phenoxy) is 1. The van der Waals surface area contributed by atoms with Gasteiger partial charge in [0.1, 0.15) is 11.6 Å². The fourth-order valence-corrected chi connectivity index (χ4v) is 4.05. The number of hydrogen-bond donors (Lipinski definition) is 2. The Bertz CT molecular complexity index is 1600. The zero-order chi connectivity index (χ0) is 27.8. The molecule has 1 aliphatic rings. The third kappa shape index (κ3) is 5.77. The maximum absolute atomic E-state index is 13.7. The van der Waals surface area contributed by atoms with Gasteiger partial charge >= 0.3 is 11.8 Å². The maximum Gasteiger partial charge on any atom is 0.390 e. The number of nitrogens with one attached hydrogen (secondary N) is 2. The van der Waals surface area contributed by atoms with Crippen molar-refractivity contribution < 1.29 is 27.1 Å². The average molecular weight is 539 g/mol. The average Bonchev–Trinajstić information content (AvgIpc) is 3.51. The van der Waals surface area contributed by atoms with Crippen molar-refractivity contribution in [3.63, 3.8) is 0 Å². The second-order valence-corrected chi connectivity index (χ2v) is 9.25. The quantitative estimate of drug-likeness (QED) is 0.208. The molecule has 0 radical (unpaired) electrons. The van der Waals surface area contributed by atoms with Crippen LogP contribution in [0.3, 0.4) is 0 Å². The number of carbonyl (C=O) groups is 1. The van der Waals surface area contributed by atoms with Gasteiger partial charge < -0.3 is 10.1 Å². The second-order valence-electron chi connectivity index (χ2n) is 9.25. The molecule has 2 N–H and O–H groups in total. The van der Waals surface area contributed by atoms with E-state index in [9.17, 15) is 22.4 Å². The summed E-state index contributed by atoms with van der Waals surface area (Å²) < 4.78 is 59.1. The Morgan fingerprint density at radius 2 is 2.00 bits per heavy atom. The molecular formula is C27H22F4N6O2. The molecule has 8 nitrogen and oxygen atoms in total. The molecule has 0 atom stereocenters. The molecule has 12 heteroatoms. The molecule has 0 saturated heterocycles. The van der Waals surface area contributed by atoms with Crippen molar-refractivity contribution in [2.75, 3.05) is 11.9 Å². The lowest BCUT2D eigenvalue weighted by molar-refractivity contribution is -0.131. The molecule has 4 aromatic rings. The highest BCUT2D eigenvalue weighted by Crippen LogP contribution is 2.37. The number of halogens is 4. The lowest BCUT2D eigenvalue weighted by Gasteiger charge is -2.13. The van der Waals surface area contributed by atoms with Crippen molar-refractivity contribution in [2.24, 2.45) is 0 Å². The molecule has 5 rings (SSSR count). The molecule has 1 aliphatic carbocycles. The van der Waals surface area contributed by atoms with Gasteiger partial charge in [0, 0.05) is 29.8 Å². The van der Waals surface area contributed by atoms with E-state index >= 15 is 0 Å². The van der Waals surface area contributed by atoms with Crippen molar-refractivity contribution >= 4 is 17.2 Å². The van der Waals surface area contributed by atoms with Crippen LogP contribution in [-0.2, 0) is 0 Å². The topological polar surface area (TPSA) is 84.9 Å². The number of nitrogens with zero attached hydrogens (tertiary/aromatic N) is 4. The summed E-state index contributed by atoms with van der Waals surface area (Å²) in [5, 5.41) is 9.96. The number of aryl methyl sites for hydroxylation is 1. The van der Waals surface area contributed by atoms with Crippen molar-refractivity contribution in [3.8, 4) is 22.9 Å². The smallest absolute Gasteiger partial charge is 0.390 e. The molecule has 0 aliphatic heterocycles. The minimum absolute atomic E-state index is 0.00320. The molecule has 39 heavy (non-hydrogen) atoms. The van der Waals surface area contributed by atoms with Gasteiger partial charge in [-0.05, 0) is 36.8 Å². The molecule has 2 aromatic heterocycles. The molecule has 2 heterocycles. The molecular weight excluding hydrogens is 516 g/mol. The van der Waals surface area contributed by atoms with E-state index in [4.69, 9.17) is 11.3 Å². The van der Waals surface area contributed by atoms with Crippen molar-refractivity contribution in [1.29, 1.82) is 0 Å². The predicted molar refractivity (Wildman–Crippen MR) is 135 cm³/mol. The first-order valence-electron chi connectivity index (χ1n) is 12.0. The van der Waals surface area contributed by atoms with Gasteiger partial charge in [0.2, 0.25) is 5.88 Å². The van der Waals surface area contributed by atoms with Gasteiger partial charge in [0.05, 0.1) is 36.8 Å². The number of amides is 1. The third-order valence-corrected chi connectivity index (χ3v) is 6.24. The zero-order valence-electron chi connectivity index (χ0n) is 20.6. The fraction of sp³-hybridized carbons (Fsp3) is 0.259. The first-order chi connectivity index (χ1) is 18.6. The lowest BCUT2D eigenvalue weighted by Crippen LogP contribution is -2.34. The molecule has 200 valence electrons. The van der Waals surface area contributed by atoms with E-state index in [0.717, 1.165) is 6.07 Å². The summed E-state index contributed by atoms with van der Waals surface area (Å²) in [4.78, 5) is 20.6. The summed E-state index contributed by atoms with van der Waals surface area (Å²) in [5.41, 5.74) is 1.88. The third-order valence-electron chi connectivity index (χ3n) is 6.24. The highest BCUT2D eigenvalue weighted by Gasteiger charge is 2.52. The Balaban J connectivity index is 1.50. The zero-order valence-corrected chi connectivity index (χ0v) is 20.6. The number of rotatable bonds is 8. The van der Waals surface area contributed by atoms with Gasteiger partial charge in [-0.25, -0.2) is 20.5 Å². The Morgan fingerprint density at radius 1 is 1.21 bits per heavy atom. The first-order valence-corrected chi connectivity index (χ1v) is 12.0. The van der Waals surface area contributed by atoms with Crippen LogP contribution in [0.1, 0.15) is 35.2 Å². The minimum atomic E-state index is -4.35.